The van der Waals surface area contributed by atoms with Crippen molar-refractivity contribution in [1.82, 2.24) is 29.2 Å². The number of hydrogen-bond donors (Lipinski definition) is 3. The molecule has 5 heterocycles. The van der Waals surface area contributed by atoms with Gasteiger partial charge in [-0.3, -0.25) is 14.5 Å². The average Bonchev–Trinajstić information content (AvgIpc) is 3.46. The van der Waals surface area contributed by atoms with Gasteiger partial charge in [0.1, 0.15) is 37.0 Å². The molecule has 0 bridgehead atoms. The first kappa shape index (κ1) is 25.3. The molecule has 1 fully saturated rings. The number of nitrogens with one attached hydrogen (secondary N) is 1. The molecule has 2 aliphatic rings. The molecule has 14 nitrogen and oxygen atoms in total. The van der Waals surface area contributed by atoms with E-state index in [4.69, 9.17) is 10.6 Å². The Balaban J connectivity index is 0.00000304. The van der Waals surface area contributed by atoms with Gasteiger partial charge in [-0.15, -0.1) is 16.3 Å². The highest BCUT2D eigenvalue weighted by molar-refractivity contribution is 8.00. The number of nitrogen functional groups attached to an aromatic ring is 1. The number of carbonyl (C=O) groups is 3. The molecule has 4 N–H and O–H groups in total. The van der Waals surface area contributed by atoms with Gasteiger partial charge < -0.3 is 33.4 Å². The molecule has 1 saturated heterocycles. The van der Waals surface area contributed by atoms with Crippen molar-refractivity contribution in [1.29, 1.82) is 0 Å². The number of β-lactam (4-membered cyclic amide) rings is 1. The number of carboxylic acids is 1. The van der Waals surface area contributed by atoms with E-state index in [9.17, 15) is 19.5 Å². The summed E-state index contributed by atoms with van der Waals surface area (Å²) in [5, 5.41) is 19.9. The van der Waals surface area contributed by atoms with E-state index in [1.807, 2.05) is 10.6 Å². The summed E-state index contributed by atoms with van der Waals surface area (Å²) in [5.41, 5.74) is 6.60. The Morgan fingerprint density at radius 2 is 2.25 bits per heavy atom. The van der Waals surface area contributed by atoms with Crippen molar-refractivity contribution >= 4 is 57.6 Å². The third-order valence-corrected chi connectivity index (χ3v) is 7.27. The Kier molecular flexibility index (Phi) is 7.09. The number of nitrogens with zero attached hydrogens (tertiary/aromatic N) is 7. The minimum atomic E-state index is -1.21. The molecule has 2 atom stereocenters. The van der Waals surface area contributed by atoms with Crippen LogP contribution in [0.1, 0.15) is 5.82 Å². The Bertz CT molecular complexity index is 1420. The number of amides is 2. The number of fused-ring (bicyclic) bond motifs is 2. The van der Waals surface area contributed by atoms with Gasteiger partial charge >= 0.3 is 11.6 Å². The van der Waals surface area contributed by atoms with E-state index in [1.165, 1.54) is 23.8 Å². The minimum Gasteiger partial charge on any atom is -1.00 e. The van der Waals surface area contributed by atoms with Gasteiger partial charge in [-0.25, -0.2) is 9.36 Å². The van der Waals surface area contributed by atoms with Crippen LogP contribution in [-0.4, -0.2) is 76.8 Å². The zero-order valence-electron chi connectivity index (χ0n) is 18.4. The van der Waals surface area contributed by atoms with Gasteiger partial charge in [0.05, 0.1) is 6.20 Å². The SMILES string of the molecule is CO/N=C(/C(=O)NC1C(=O)N2C(C(=O)O)=C(C[n+]3ccn4ncccc43)CSC12)c1nsc(N)n1.[Cl-]. The molecule has 188 valence electrons. The summed E-state index contributed by atoms with van der Waals surface area (Å²) in [5.74, 6) is -2.17. The molecule has 0 saturated carbocycles. The minimum absolute atomic E-state index is 0. The van der Waals surface area contributed by atoms with E-state index in [0.29, 0.717) is 11.3 Å². The van der Waals surface area contributed by atoms with Gasteiger partial charge in [-0.2, -0.15) is 9.36 Å². The normalized spacial score (nSPS) is 19.4. The summed E-state index contributed by atoms with van der Waals surface area (Å²) in [7, 11) is 1.25. The molecule has 0 aromatic carbocycles. The summed E-state index contributed by atoms with van der Waals surface area (Å²) in [6.45, 7) is 0.270. The topological polar surface area (TPSA) is 181 Å². The predicted molar refractivity (Wildman–Crippen MR) is 123 cm³/mol. The van der Waals surface area contributed by atoms with Crippen LogP contribution in [0.2, 0.25) is 0 Å². The molecule has 3 aromatic heterocycles. The Morgan fingerprint density at radius 3 is 2.94 bits per heavy atom. The molecule has 2 amide bonds. The van der Waals surface area contributed by atoms with Crippen molar-refractivity contribution in [3.8, 4) is 0 Å². The molecular weight excluding hydrogens is 534 g/mol. The lowest BCUT2D eigenvalue weighted by Gasteiger charge is -2.49. The molecule has 2 aliphatic heterocycles. The monoisotopic (exact) mass is 551 g/mol. The highest BCUT2D eigenvalue weighted by atomic mass is 35.5. The van der Waals surface area contributed by atoms with E-state index in [1.54, 1.807) is 29.2 Å². The number of oxime groups is 1. The quantitative estimate of drug-likeness (QED) is 0.113. The lowest BCUT2D eigenvalue weighted by atomic mass is 10.0. The average molecular weight is 552 g/mol. The summed E-state index contributed by atoms with van der Waals surface area (Å²) in [6, 6.07) is 2.69. The molecule has 3 aromatic rings. The van der Waals surface area contributed by atoms with Crippen LogP contribution in [0.4, 0.5) is 5.13 Å². The van der Waals surface area contributed by atoms with Gasteiger partial charge in [-0.1, -0.05) is 10.3 Å². The lowest BCUT2D eigenvalue weighted by molar-refractivity contribution is -0.662. The molecule has 0 spiro atoms. The summed E-state index contributed by atoms with van der Waals surface area (Å²) < 4.78 is 7.48. The van der Waals surface area contributed by atoms with Crippen LogP contribution in [-0.2, 0) is 25.8 Å². The highest BCUT2D eigenvalue weighted by Crippen LogP contribution is 2.40. The van der Waals surface area contributed by atoms with E-state index < -0.39 is 29.2 Å². The van der Waals surface area contributed by atoms with Gasteiger partial charge in [0, 0.05) is 28.9 Å². The molecule has 36 heavy (non-hydrogen) atoms. The van der Waals surface area contributed by atoms with Gasteiger partial charge in [-0.05, 0) is 6.07 Å². The number of carbonyl (C=O) groups excluding carboxylic acids is 2. The van der Waals surface area contributed by atoms with Gasteiger partial charge in [0.15, 0.2) is 11.3 Å². The number of anilines is 1. The number of imidazole rings is 1. The fourth-order valence-electron chi connectivity index (χ4n) is 3.90. The van der Waals surface area contributed by atoms with Crippen LogP contribution in [0, 0.1) is 0 Å². The van der Waals surface area contributed by atoms with E-state index in [0.717, 1.165) is 17.2 Å². The second-order valence-electron chi connectivity index (χ2n) is 7.45. The molecule has 17 heteroatoms. The van der Waals surface area contributed by atoms with E-state index >= 15 is 0 Å². The zero-order chi connectivity index (χ0) is 24.7. The smallest absolute Gasteiger partial charge is 0.352 e. The number of carboxylic acid groups (broad SMARTS) is 1. The molecule has 0 aliphatic carbocycles. The van der Waals surface area contributed by atoms with Crippen LogP contribution < -0.4 is 28.0 Å². The van der Waals surface area contributed by atoms with E-state index in [-0.39, 0.29) is 41.3 Å². The van der Waals surface area contributed by atoms with Crippen LogP contribution >= 0.6 is 23.3 Å². The Hall–Kier alpha value is -3.76. The summed E-state index contributed by atoms with van der Waals surface area (Å²) >= 11 is 2.24. The standard InChI is InChI=1S/C19H17N9O5S2.ClH/c1-33-24-11(14-23-19(20)35-25-14)15(29)22-12-16(30)28-13(18(31)32)9(8-34-17(12)28)7-26-5-6-27-10(26)3-2-4-21-27;/h2-6,12,17H,7-8H2,1H3,(H3-,20,22,23,25,29,31,32);1H/b24-11+;. The first-order chi connectivity index (χ1) is 16.9. The Morgan fingerprint density at radius 1 is 1.44 bits per heavy atom. The molecular formula is C19H18ClN9O5S2. The first-order valence-electron chi connectivity index (χ1n) is 10.1. The van der Waals surface area contributed by atoms with Crippen LogP contribution in [0.5, 0.6) is 0 Å². The summed E-state index contributed by atoms with van der Waals surface area (Å²) in [6.07, 6.45) is 5.21. The van der Waals surface area contributed by atoms with Crippen molar-refractivity contribution < 1.29 is 41.3 Å². The number of rotatable bonds is 7. The van der Waals surface area contributed by atoms with Crippen molar-refractivity contribution in [3.63, 3.8) is 0 Å². The second kappa shape index (κ2) is 10.1. The van der Waals surface area contributed by atoms with Crippen molar-refractivity contribution in [2.75, 3.05) is 18.6 Å². The largest absolute Gasteiger partial charge is 1.00 e. The maximum Gasteiger partial charge on any atom is 0.352 e. The van der Waals surface area contributed by atoms with Crippen molar-refractivity contribution in [3.05, 3.63) is 47.8 Å². The third kappa shape index (κ3) is 4.33. The van der Waals surface area contributed by atoms with Crippen molar-refractivity contribution in [2.24, 2.45) is 5.16 Å². The summed E-state index contributed by atoms with van der Waals surface area (Å²) in [4.78, 5) is 47.8. The van der Waals surface area contributed by atoms with E-state index in [2.05, 4.69) is 24.9 Å². The number of hydrogen-bond acceptors (Lipinski definition) is 11. The highest BCUT2D eigenvalue weighted by Gasteiger charge is 2.54. The number of aliphatic carboxylic acids is 1. The second-order valence-corrected chi connectivity index (χ2v) is 9.34. The number of nitrogens with two attached hydrogens (primary N) is 1. The van der Waals surface area contributed by atoms with Gasteiger partial charge in [0.25, 0.3) is 11.8 Å². The number of thioether (sulfide) groups is 1. The lowest BCUT2D eigenvalue weighted by Crippen LogP contribution is -3.00. The first-order valence-corrected chi connectivity index (χ1v) is 11.9. The van der Waals surface area contributed by atoms with Gasteiger partial charge in [0.2, 0.25) is 11.5 Å². The molecule has 2 unspecified atom stereocenters. The molecule has 5 rings (SSSR count). The predicted octanol–water partition coefficient (Wildman–Crippen LogP) is -4.15. The Labute approximate surface area is 217 Å². The van der Waals surface area contributed by atoms with Crippen LogP contribution in [0.3, 0.4) is 0 Å². The van der Waals surface area contributed by atoms with Crippen molar-refractivity contribution in [2.45, 2.75) is 18.0 Å². The fraction of sp³-hybridized carbons (Fsp3) is 0.263. The number of aromatic nitrogens is 5. The number of halogens is 1. The maximum absolute atomic E-state index is 13.0. The molecule has 0 radical (unpaired) electrons. The zero-order valence-corrected chi connectivity index (χ0v) is 20.8. The fourth-order valence-corrected chi connectivity index (χ4v) is 5.67. The maximum atomic E-state index is 13.0. The van der Waals surface area contributed by atoms with Crippen LogP contribution in [0.25, 0.3) is 5.65 Å². The van der Waals surface area contributed by atoms with Crippen LogP contribution in [0.15, 0.2) is 47.1 Å². The third-order valence-electron chi connectivity index (χ3n) is 5.39.